The Morgan fingerprint density at radius 2 is 2.05 bits per heavy atom. The Morgan fingerprint density at radius 1 is 1.29 bits per heavy atom. The first-order chi connectivity index (χ1) is 9.85. The van der Waals surface area contributed by atoms with Crippen LogP contribution in [0.15, 0.2) is 18.2 Å². The molecule has 0 radical (unpaired) electrons. The second-order valence-electron chi connectivity index (χ2n) is 7.34. The number of nitrogens with one attached hydrogen (secondary N) is 1. The lowest BCUT2D eigenvalue weighted by Gasteiger charge is -2.29. The van der Waals surface area contributed by atoms with E-state index in [1.54, 1.807) is 0 Å². The lowest BCUT2D eigenvalue weighted by Crippen LogP contribution is -2.35. The highest BCUT2D eigenvalue weighted by atomic mass is 35.5. The smallest absolute Gasteiger partial charge is 0.142 e. The Morgan fingerprint density at radius 3 is 2.71 bits per heavy atom. The molecule has 2 nitrogen and oxygen atoms in total. The summed E-state index contributed by atoms with van der Waals surface area (Å²) in [5.41, 5.74) is 1.23. The van der Waals surface area contributed by atoms with Crippen LogP contribution >= 0.6 is 11.6 Å². The summed E-state index contributed by atoms with van der Waals surface area (Å²) in [5, 5.41) is 4.24. The highest BCUT2D eigenvalue weighted by molar-refractivity contribution is 6.32. The third-order valence-electron chi connectivity index (χ3n) is 4.03. The molecular weight excluding hydrogens is 282 g/mol. The van der Waals surface area contributed by atoms with Crippen molar-refractivity contribution < 1.29 is 4.74 Å². The molecule has 118 valence electrons. The van der Waals surface area contributed by atoms with Gasteiger partial charge in [0.05, 0.1) is 11.1 Å². The Hall–Kier alpha value is -0.730. The van der Waals surface area contributed by atoms with Gasteiger partial charge in [0, 0.05) is 17.6 Å². The van der Waals surface area contributed by atoms with Gasteiger partial charge in [-0.1, -0.05) is 37.1 Å². The maximum absolute atomic E-state index is 6.38. The average molecular weight is 310 g/mol. The molecule has 21 heavy (non-hydrogen) atoms. The molecule has 1 aliphatic carbocycles. The molecule has 0 heterocycles. The van der Waals surface area contributed by atoms with Crippen molar-refractivity contribution in [2.24, 2.45) is 5.92 Å². The van der Waals surface area contributed by atoms with Gasteiger partial charge in [-0.3, -0.25) is 0 Å². The fourth-order valence-corrected chi connectivity index (χ4v) is 3.08. The molecule has 1 saturated carbocycles. The fourth-order valence-electron chi connectivity index (χ4n) is 2.84. The summed E-state index contributed by atoms with van der Waals surface area (Å²) in [6, 6.07) is 6.02. The van der Waals surface area contributed by atoms with Crippen LogP contribution in [0, 0.1) is 5.92 Å². The molecule has 1 N–H and O–H groups in total. The van der Waals surface area contributed by atoms with E-state index in [2.05, 4.69) is 39.1 Å². The molecule has 1 aromatic rings. The van der Waals surface area contributed by atoms with Gasteiger partial charge in [-0.05, 0) is 52.0 Å². The van der Waals surface area contributed by atoms with E-state index in [0.717, 1.165) is 41.6 Å². The lowest BCUT2D eigenvalue weighted by molar-refractivity contribution is 0.128. The third-order valence-corrected chi connectivity index (χ3v) is 4.33. The van der Waals surface area contributed by atoms with Gasteiger partial charge in [0.2, 0.25) is 0 Å². The summed E-state index contributed by atoms with van der Waals surface area (Å²) < 4.78 is 6.28. The van der Waals surface area contributed by atoms with Crippen LogP contribution in [0.3, 0.4) is 0 Å². The molecule has 0 amide bonds. The van der Waals surface area contributed by atoms with Gasteiger partial charge < -0.3 is 10.1 Å². The van der Waals surface area contributed by atoms with Crippen LogP contribution in [0.4, 0.5) is 0 Å². The van der Waals surface area contributed by atoms with Crippen molar-refractivity contribution in [2.45, 2.75) is 71.6 Å². The molecule has 2 unspecified atom stereocenters. The van der Waals surface area contributed by atoms with E-state index in [-0.39, 0.29) is 5.54 Å². The van der Waals surface area contributed by atoms with Crippen LogP contribution in [-0.4, -0.2) is 11.6 Å². The van der Waals surface area contributed by atoms with Crippen LogP contribution in [0.5, 0.6) is 5.75 Å². The van der Waals surface area contributed by atoms with Crippen molar-refractivity contribution in [3.8, 4) is 5.75 Å². The van der Waals surface area contributed by atoms with Crippen molar-refractivity contribution in [1.82, 2.24) is 5.32 Å². The third kappa shape index (κ3) is 5.19. The first kappa shape index (κ1) is 16.6. The minimum Gasteiger partial charge on any atom is -0.489 e. The summed E-state index contributed by atoms with van der Waals surface area (Å²) in [5.74, 6) is 1.62. The van der Waals surface area contributed by atoms with Crippen molar-refractivity contribution in [3.05, 3.63) is 28.8 Å². The van der Waals surface area contributed by atoms with E-state index in [9.17, 15) is 0 Å². The van der Waals surface area contributed by atoms with Crippen molar-refractivity contribution in [2.75, 3.05) is 0 Å². The fraction of sp³-hybridized carbons (Fsp3) is 0.667. The Kier molecular flexibility index (Phi) is 5.56. The minimum absolute atomic E-state index is 0.0823. The molecule has 0 saturated heterocycles. The van der Waals surface area contributed by atoms with Gasteiger partial charge in [-0.2, -0.15) is 0 Å². The predicted octanol–water partition coefficient (Wildman–Crippen LogP) is 5.19. The van der Waals surface area contributed by atoms with E-state index in [4.69, 9.17) is 16.3 Å². The van der Waals surface area contributed by atoms with Gasteiger partial charge in [-0.25, -0.2) is 0 Å². The molecule has 0 aliphatic heterocycles. The number of benzene rings is 1. The molecule has 2 atom stereocenters. The van der Waals surface area contributed by atoms with E-state index in [1.807, 2.05) is 12.1 Å². The molecule has 1 aromatic carbocycles. The zero-order chi connectivity index (χ0) is 15.5. The second-order valence-corrected chi connectivity index (χ2v) is 7.75. The molecular formula is C18H28ClNO. The average Bonchev–Trinajstić information content (AvgIpc) is 2.39. The van der Waals surface area contributed by atoms with Gasteiger partial charge in [0.1, 0.15) is 5.75 Å². The molecule has 1 aliphatic rings. The SMILES string of the molecule is CC1CCCC(Oc2c(Cl)cccc2CNC(C)(C)C)C1. The number of hydrogen-bond acceptors (Lipinski definition) is 2. The molecule has 0 aromatic heterocycles. The number of rotatable bonds is 4. The van der Waals surface area contributed by atoms with Gasteiger partial charge in [0.15, 0.2) is 0 Å². The predicted molar refractivity (Wildman–Crippen MR) is 90.1 cm³/mol. The Balaban J connectivity index is 2.10. The first-order valence-electron chi connectivity index (χ1n) is 8.04. The van der Waals surface area contributed by atoms with Crippen LogP contribution in [0.2, 0.25) is 5.02 Å². The maximum Gasteiger partial charge on any atom is 0.142 e. The summed E-state index contributed by atoms with van der Waals surface area (Å²) >= 11 is 6.38. The van der Waals surface area contributed by atoms with E-state index in [0.29, 0.717) is 6.10 Å². The standard InChI is InChI=1S/C18H28ClNO/c1-13-7-5-9-15(11-13)21-17-14(8-6-10-16(17)19)12-20-18(2,3)4/h6,8,10,13,15,20H,5,7,9,11-12H2,1-4H3. The van der Waals surface area contributed by atoms with Crippen LogP contribution in [-0.2, 0) is 6.54 Å². The van der Waals surface area contributed by atoms with Gasteiger partial charge in [0.25, 0.3) is 0 Å². The number of para-hydroxylation sites is 1. The van der Waals surface area contributed by atoms with Crippen molar-refractivity contribution >= 4 is 11.6 Å². The van der Waals surface area contributed by atoms with Crippen molar-refractivity contribution in [3.63, 3.8) is 0 Å². The monoisotopic (exact) mass is 309 g/mol. The zero-order valence-corrected chi connectivity index (χ0v) is 14.5. The summed E-state index contributed by atoms with van der Waals surface area (Å²) in [7, 11) is 0. The summed E-state index contributed by atoms with van der Waals surface area (Å²) in [6.07, 6.45) is 5.16. The normalized spacial score (nSPS) is 23.1. The number of halogens is 1. The van der Waals surface area contributed by atoms with E-state index in [1.165, 1.54) is 12.8 Å². The van der Waals surface area contributed by atoms with Gasteiger partial charge in [-0.15, -0.1) is 0 Å². The quantitative estimate of drug-likeness (QED) is 0.827. The molecule has 1 fully saturated rings. The summed E-state index contributed by atoms with van der Waals surface area (Å²) in [4.78, 5) is 0. The molecule has 0 bridgehead atoms. The van der Waals surface area contributed by atoms with Crippen LogP contribution < -0.4 is 10.1 Å². The number of ether oxygens (including phenoxy) is 1. The molecule has 3 heteroatoms. The second kappa shape index (κ2) is 7.02. The topological polar surface area (TPSA) is 21.3 Å². The van der Waals surface area contributed by atoms with Crippen LogP contribution in [0.25, 0.3) is 0 Å². The number of hydrogen-bond donors (Lipinski definition) is 1. The zero-order valence-electron chi connectivity index (χ0n) is 13.7. The largest absolute Gasteiger partial charge is 0.489 e. The van der Waals surface area contributed by atoms with Crippen molar-refractivity contribution in [1.29, 1.82) is 0 Å². The first-order valence-corrected chi connectivity index (χ1v) is 8.42. The van der Waals surface area contributed by atoms with Crippen LogP contribution in [0.1, 0.15) is 58.9 Å². The van der Waals surface area contributed by atoms with E-state index < -0.39 is 0 Å². The highest BCUT2D eigenvalue weighted by Crippen LogP contribution is 2.34. The maximum atomic E-state index is 6.38. The minimum atomic E-state index is 0.0823. The highest BCUT2D eigenvalue weighted by Gasteiger charge is 2.22. The lowest BCUT2D eigenvalue weighted by atomic mass is 9.88. The molecule has 0 spiro atoms. The van der Waals surface area contributed by atoms with E-state index >= 15 is 0 Å². The Bertz CT molecular complexity index is 467. The molecule has 2 rings (SSSR count). The summed E-state index contributed by atoms with van der Waals surface area (Å²) in [6.45, 7) is 9.59. The Labute approximate surface area is 134 Å². The van der Waals surface area contributed by atoms with Gasteiger partial charge >= 0.3 is 0 Å².